The Kier molecular flexibility index (Phi) is 19.9. The van der Waals surface area contributed by atoms with Gasteiger partial charge in [0.1, 0.15) is 0 Å². The summed E-state index contributed by atoms with van der Waals surface area (Å²) in [5.74, 6) is 0.293. The number of carbonyl (C=O) groups excluding carboxylic acids is 2. The van der Waals surface area contributed by atoms with E-state index >= 15 is 0 Å². The molecule has 0 amide bonds. The molecule has 0 aliphatic heterocycles. The molecular formula is C24H46O4. The zero-order chi connectivity index (χ0) is 20.9. The van der Waals surface area contributed by atoms with Crippen molar-refractivity contribution in [1.29, 1.82) is 0 Å². The fraction of sp³-hybridized carbons (Fsp3) is 0.917. The lowest BCUT2D eigenvalue weighted by atomic mass is 10.0. The Labute approximate surface area is 174 Å². The molecule has 0 saturated carbocycles. The molecule has 4 nitrogen and oxygen atoms in total. The quantitative estimate of drug-likeness (QED) is 0.164. The predicted molar refractivity (Wildman–Crippen MR) is 116 cm³/mol. The lowest BCUT2D eigenvalue weighted by molar-refractivity contribution is -0.145. The van der Waals surface area contributed by atoms with Crippen LogP contribution in [0.5, 0.6) is 0 Å². The summed E-state index contributed by atoms with van der Waals surface area (Å²) >= 11 is 0. The molecule has 0 rings (SSSR count). The summed E-state index contributed by atoms with van der Waals surface area (Å²) in [6.07, 6.45) is 16.5. The highest BCUT2D eigenvalue weighted by molar-refractivity contribution is 5.69. The lowest BCUT2D eigenvalue weighted by Crippen LogP contribution is -2.13. The maximum atomic E-state index is 11.8. The fourth-order valence-electron chi connectivity index (χ4n) is 3.21. The van der Waals surface area contributed by atoms with E-state index in [4.69, 9.17) is 9.47 Å². The van der Waals surface area contributed by atoms with Gasteiger partial charge in [0.2, 0.25) is 0 Å². The molecule has 0 aliphatic carbocycles. The van der Waals surface area contributed by atoms with Gasteiger partial charge in [-0.25, -0.2) is 0 Å². The number of hydrogen-bond donors (Lipinski definition) is 0. The zero-order valence-electron chi connectivity index (χ0n) is 18.9. The van der Waals surface area contributed by atoms with Gasteiger partial charge in [-0.15, -0.1) is 0 Å². The molecule has 1 atom stereocenters. The van der Waals surface area contributed by atoms with Gasteiger partial charge in [-0.2, -0.15) is 0 Å². The third-order valence-corrected chi connectivity index (χ3v) is 5.30. The lowest BCUT2D eigenvalue weighted by Gasteiger charge is -2.14. The molecule has 0 bridgehead atoms. The number of unbranched alkanes of at least 4 members (excludes halogenated alkanes) is 9. The first-order chi connectivity index (χ1) is 13.6. The Morgan fingerprint density at radius 2 is 1.18 bits per heavy atom. The highest BCUT2D eigenvalue weighted by Crippen LogP contribution is 2.14. The van der Waals surface area contributed by atoms with Crippen molar-refractivity contribution in [3.05, 3.63) is 0 Å². The third kappa shape index (κ3) is 18.3. The number of ether oxygens (including phenoxy) is 2. The highest BCUT2D eigenvalue weighted by Gasteiger charge is 2.10. The molecule has 0 heterocycles. The number of hydrogen-bond acceptors (Lipinski definition) is 4. The van der Waals surface area contributed by atoms with Crippen molar-refractivity contribution in [2.75, 3.05) is 13.2 Å². The van der Waals surface area contributed by atoms with Crippen molar-refractivity contribution in [3.63, 3.8) is 0 Å². The van der Waals surface area contributed by atoms with E-state index in [9.17, 15) is 9.59 Å². The molecular weight excluding hydrogens is 352 g/mol. The van der Waals surface area contributed by atoms with Crippen molar-refractivity contribution in [3.8, 4) is 0 Å². The summed E-state index contributed by atoms with van der Waals surface area (Å²) in [7, 11) is 0. The maximum Gasteiger partial charge on any atom is 0.305 e. The SMILES string of the molecule is CCCCCCCCCOC(=O)CCCCCC(=O)OCC(CC)CCCC. The summed E-state index contributed by atoms with van der Waals surface area (Å²) in [4.78, 5) is 23.5. The van der Waals surface area contributed by atoms with E-state index in [2.05, 4.69) is 20.8 Å². The Hall–Kier alpha value is -1.06. The summed E-state index contributed by atoms with van der Waals surface area (Å²) in [6.45, 7) is 7.67. The molecule has 0 aromatic carbocycles. The third-order valence-electron chi connectivity index (χ3n) is 5.30. The van der Waals surface area contributed by atoms with E-state index < -0.39 is 0 Å². The smallest absolute Gasteiger partial charge is 0.305 e. The van der Waals surface area contributed by atoms with E-state index in [0.29, 0.717) is 32.0 Å². The molecule has 0 N–H and O–H groups in total. The van der Waals surface area contributed by atoms with Gasteiger partial charge in [0.05, 0.1) is 13.2 Å². The van der Waals surface area contributed by atoms with Crippen LogP contribution in [0, 0.1) is 5.92 Å². The summed E-state index contributed by atoms with van der Waals surface area (Å²) in [5, 5.41) is 0. The Balaban J connectivity index is 3.46. The first-order valence-electron chi connectivity index (χ1n) is 11.9. The van der Waals surface area contributed by atoms with E-state index in [1.165, 1.54) is 44.9 Å². The molecule has 0 saturated heterocycles. The van der Waals surface area contributed by atoms with Gasteiger partial charge in [-0.1, -0.05) is 85.0 Å². The number of rotatable bonds is 20. The minimum absolute atomic E-state index is 0.100. The van der Waals surface area contributed by atoms with Crippen molar-refractivity contribution >= 4 is 11.9 Å². The van der Waals surface area contributed by atoms with E-state index in [1.54, 1.807) is 0 Å². The van der Waals surface area contributed by atoms with Crippen LogP contribution in [0.4, 0.5) is 0 Å². The van der Waals surface area contributed by atoms with E-state index in [1.807, 2.05) is 0 Å². The summed E-state index contributed by atoms with van der Waals surface area (Å²) < 4.78 is 10.7. The second kappa shape index (κ2) is 20.7. The largest absolute Gasteiger partial charge is 0.466 e. The highest BCUT2D eigenvalue weighted by atomic mass is 16.5. The molecule has 0 aromatic rings. The van der Waals surface area contributed by atoms with Gasteiger partial charge in [0.25, 0.3) is 0 Å². The van der Waals surface area contributed by atoms with Gasteiger partial charge in [-0.3, -0.25) is 9.59 Å². The molecule has 0 fully saturated rings. The molecule has 166 valence electrons. The Morgan fingerprint density at radius 1 is 0.643 bits per heavy atom. The summed E-state index contributed by atoms with van der Waals surface area (Å²) in [5.41, 5.74) is 0. The van der Waals surface area contributed by atoms with Gasteiger partial charge in [0.15, 0.2) is 0 Å². The zero-order valence-corrected chi connectivity index (χ0v) is 18.9. The normalized spacial score (nSPS) is 12.0. The van der Waals surface area contributed by atoms with Crippen LogP contribution in [0.2, 0.25) is 0 Å². The van der Waals surface area contributed by atoms with Crippen LogP contribution in [-0.4, -0.2) is 25.2 Å². The second-order valence-corrected chi connectivity index (χ2v) is 8.00. The predicted octanol–water partition coefficient (Wildman–Crippen LogP) is 6.99. The van der Waals surface area contributed by atoms with Crippen LogP contribution in [0.15, 0.2) is 0 Å². The van der Waals surface area contributed by atoms with Crippen molar-refractivity contribution < 1.29 is 19.1 Å². The topological polar surface area (TPSA) is 52.6 Å². The fourth-order valence-corrected chi connectivity index (χ4v) is 3.21. The van der Waals surface area contributed by atoms with E-state index in [0.717, 1.165) is 44.9 Å². The van der Waals surface area contributed by atoms with Gasteiger partial charge < -0.3 is 9.47 Å². The standard InChI is InChI=1S/C24H46O4/c1-4-7-9-10-11-12-16-20-27-23(25)18-14-13-15-19-24(26)28-21-22(6-3)17-8-5-2/h22H,4-21H2,1-3H3. The number of esters is 2. The van der Waals surface area contributed by atoms with Crippen LogP contribution in [0.3, 0.4) is 0 Å². The van der Waals surface area contributed by atoms with Crippen molar-refractivity contribution in [2.45, 2.75) is 124 Å². The molecule has 0 aromatic heterocycles. The molecule has 0 spiro atoms. The second-order valence-electron chi connectivity index (χ2n) is 8.00. The Bertz CT molecular complexity index is 368. The molecule has 0 aliphatic rings. The molecule has 28 heavy (non-hydrogen) atoms. The minimum Gasteiger partial charge on any atom is -0.466 e. The maximum absolute atomic E-state index is 11.8. The monoisotopic (exact) mass is 398 g/mol. The van der Waals surface area contributed by atoms with Gasteiger partial charge in [-0.05, 0) is 31.6 Å². The van der Waals surface area contributed by atoms with Crippen LogP contribution < -0.4 is 0 Å². The average molecular weight is 399 g/mol. The molecule has 4 heteroatoms. The van der Waals surface area contributed by atoms with Crippen LogP contribution >= 0.6 is 0 Å². The van der Waals surface area contributed by atoms with Gasteiger partial charge >= 0.3 is 11.9 Å². The van der Waals surface area contributed by atoms with E-state index in [-0.39, 0.29) is 11.9 Å². The molecule has 1 unspecified atom stereocenters. The first-order valence-corrected chi connectivity index (χ1v) is 11.9. The average Bonchev–Trinajstić information content (AvgIpc) is 2.69. The first kappa shape index (κ1) is 26.9. The number of carbonyl (C=O) groups is 2. The van der Waals surface area contributed by atoms with Crippen LogP contribution in [-0.2, 0) is 19.1 Å². The minimum atomic E-state index is -0.102. The Morgan fingerprint density at radius 3 is 1.79 bits per heavy atom. The van der Waals surface area contributed by atoms with Crippen molar-refractivity contribution in [1.82, 2.24) is 0 Å². The summed E-state index contributed by atoms with van der Waals surface area (Å²) in [6, 6.07) is 0. The van der Waals surface area contributed by atoms with Crippen LogP contribution in [0.1, 0.15) is 124 Å². The van der Waals surface area contributed by atoms with Crippen LogP contribution in [0.25, 0.3) is 0 Å². The van der Waals surface area contributed by atoms with Crippen molar-refractivity contribution in [2.24, 2.45) is 5.92 Å². The van der Waals surface area contributed by atoms with Gasteiger partial charge in [0, 0.05) is 12.8 Å². The molecule has 0 radical (unpaired) electrons.